The predicted molar refractivity (Wildman–Crippen MR) is 69.3 cm³/mol. The summed E-state index contributed by atoms with van der Waals surface area (Å²) in [4.78, 5) is 11.5. The quantitative estimate of drug-likeness (QED) is 0.815. The van der Waals surface area contributed by atoms with Crippen molar-refractivity contribution in [2.75, 3.05) is 12.3 Å². The first-order chi connectivity index (χ1) is 7.78. The number of carbonyl (C=O) groups excluding carboxylic acids is 1. The van der Waals surface area contributed by atoms with Crippen molar-refractivity contribution in [1.82, 2.24) is 5.32 Å². The molecule has 0 aliphatic heterocycles. The van der Waals surface area contributed by atoms with Crippen LogP contribution in [0.2, 0.25) is 5.02 Å². The molecule has 0 aromatic heterocycles. The molecule has 0 bridgehead atoms. The molecular formula is C12H17ClN2O2. The molecule has 0 spiro atoms. The number of benzene rings is 1. The number of ether oxygens (including phenoxy) is 1. The topological polar surface area (TPSA) is 64.3 Å². The highest BCUT2D eigenvalue weighted by molar-refractivity contribution is 6.33. The zero-order chi connectivity index (χ0) is 13.1. The summed E-state index contributed by atoms with van der Waals surface area (Å²) in [5, 5.41) is 3.21. The Morgan fingerprint density at radius 3 is 2.65 bits per heavy atom. The Morgan fingerprint density at radius 2 is 2.12 bits per heavy atom. The second-order valence-electron chi connectivity index (χ2n) is 4.77. The molecule has 1 rings (SSSR count). The smallest absolute Gasteiger partial charge is 0.258 e. The summed E-state index contributed by atoms with van der Waals surface area (Å²) in [7, 11) is 0. The van der Waals surface area contributed by atoms with E-state index in [1.165, 1.54) is 0 Å². The lowest BCUT2D eigenvalue weighted by Gasteiger charge is -2.20. The number of carbonyl (C=O) groups is 1. The highest BCUT2D eigenvalue weighted by Crippen LogP contribution is 2.23. The number of nitrogen functional groups attached to an aromatic ring is 1. The van der Waals surface area contributed by atoms with Gasteiger partial charge < -0.3 is 15.8 Å². The van der Waals surface area contributed by atoms with Crippen molar-refractivity contribution < 1.29 is 9.53 Å². The monoisotopic (exact) mass is 256 g/mol. The van der Waals surface area contributed by atoms with Gasteiger partial charge in [-0.3, -0.25) is 4.79 Å². The molecule has 0 aliphatic carbocycles. The summed E-state index contributed by atoms with van der Waals surface area (Å²) in [5.74, 6) is 0.346. The predicted octanol–water partition coefficient (Wildman–Crippen LogP) is 2.22. The fourth-order valence-electron chi connectivity index (χ4n) is 1.20. The van der Waals surface area contributed by atoms with Crippen LogP contribution in [0, 0.1) is 0 Å². The first kappa shape index (κ1) is 13.6. The first-order valence-electron chi connectivity index (χ1n) is 5.27. The molecule has 1 aromatic rings. The second-order valence-corrected chi connectivity index (χ2v) is 5.18. The van der Waals surface area contributed by atoms with E-state index in [-0.39, 0.29) is 18.1 Å². The van der Waals surface area contributed by atoms with Crippen molar-refractivity contribution in [2.24, 2.45) is 0 Å². The van der Waals surface area contributed by atoms with E-state index in [0.29, 0.717) is 16.5 Å². The standard InChI is InChI=1S/C12H17ClN2O2/c1-12(2,3)15-11(16)7-17-8-4-5-10(14)9(13)6-8/h4-6H,7,14H2,1-3H3,(H,15,16). The van der Waals surface area contributed by atoms with Gasteiger partial charge in [-0.25, -0.2) is 0 Å². The highest BCUT2D eigenvalue weighted by atomic mass is 35.5. The average molecular weight is 257 g/mol. The molecule has 94 valence electrons. The zero-order valence-electron chi connectivity index (χ0n) is 10.2. The maximum atomic E-state index is 11.5. The van der Waals surface area contributed by atoms with Crippen LogP contribution in [0.4, 0.5) is 5.69 Å². The van der Waals surface area contributed by atoms with E-state index in [2.05, 4.69) is 5.32 Å². The van der Waals surface area contributed by atoms with Crippen LogP contribution in [0.25, 0.3) is 0 Å². The van der Waals surface area contributed by atoms with Crippen LogP contribution in [0.15, 0.2) is 18.2 Å². The normalized spacial score (nSPS) is 11.1. The molecule has 1 aromatic carbocycles. The SMILES string of the molecule is CC(C)(C)NC(=O)COc1ccc(N)c(Cl)c1. The van der Waals surface area contributed by atoms with Gasteiger partial charge in [0.25, 0.3) is 5.91 Å². The Hall–Kier alpha value is -1.42. The van der Waals surface area contributed by atoms with E-state index in [4.69, 9.17) is 22.1 Å². The molecular weight excluding hydrogens is 240 g/mol. The largest absolute Gasteiger partial charge is 0.484 e. The number of hydrogen-bond donors (Lipinski definition) is 2. The van der Waals surface area contributed by atoms with Gasteiger partial charge in [-0.2, -0.15) is 0 Å². The molecule has 0 aliphatic rings. The molecule has 0 saturated carbocycles. The van der Waals surface area contributed by atoms with Gasteiger partial charge in [0.2, 0.25) is 0 Å². The first-order valence-corrected chi connectivity index (χ1v) is 5.64. The lowest BCUT2D eigenvalue weighted by Crippen LogP contribution is -2.43. The van der Waals surface area contributed by atoms with Gasteiger partial charge in [0.1, 0.15) is 5.75 Å². The Balaban J connectivity index is 2.50. The van der Waals surface area contributed by atoms with Crippen molar-refractivity contribution in [1.29, 1.82) is 0 Å². The molecule has 0 fully saturated rings. The number of nitrogens with two attached hydrogens (primary N) is 1. The minimum absolute atomic E-state index is 0.0441. The van der Waals surface area contributed by atoms with Crippen LogP contribution >= 0.6 is 11.6 Å². The fraction of sp³-hybridized carbons (Fsp3) is 0.417. The molecule has 0 unspecified atom stereocenters. The van der Waals surface area contributed by atoms with E-state index in [1.807, 2.05) is 20.8 Å². The molecule has 17 heavy (non-hydrogen) atoms. The van der Waals surface area contributed by atoms with Crippen molar-refractivity contribution in [3.8, 4) is 5.75 Å². The van der Waals surface area contributed by atoms with Crippen molar-refractivity contribution in [3.63, 3.8) is 0 Å². The highest BCUT2D eigenvalue weighted by Gasteiger charge is 2.13. The molecule has 5 heteroatoms. The third kappa shape index (κ3) is 4.95. The lowest BCUT2D eigenvalue weighted by atomic mass is 10.1. The van der Waals surface area contributed by atoms with Gasteiger partial charge in [-0.15, -0.1) is 0 Å². The van der Waals surface area contributed by atoms with Crippen LogP contribution < -0.4 is 15.8 Å². The van der Waals surface area contributed by atoms with Gasteiger partial charge in [-0.05, 0) is 32.9 Å². The van der Waals surface area contributed by atoms with Crippen LogP contribution in [0.3, 0.4) is 0 Å². The number of anilines is 1. The number of amides is 1. The summed E-state index contributed by atoms with van der Waals surface area (Å²) in [6, 6.07) is 4.90. The molecule has 4 nitrogen and oxygen atoms in total. The van der Waals surface area contributed by atoms with Gasteiger partial charge in [0, 0.05) is 11.6 Å². The zero-order valence-corrected chi connectivity index (χ0v) is 11.0. The molecule has 0 saturated heterocycles. The maximum absolute atomic E-state index is 11.5. The summed E-state index contributed by atoms with van der Waals surface area (Å²) < 4.78 is 5.30. The summed E-state index contributed by atoms with van der Waals surface area (Å²) in [6.45, 7) is 5.68. The van der Waals surface area contributed by atoms with Gasteiger partial charge in [0.05, 0.1) is 10.7 Å². The average Bonchev–Trinajstić information content (AvgIpc) is 2.17. The number of rotatable bonds is 3. The van der Waals surface area contributed by atoms with Crippen LogP contribution in [0.5, 0.6) is 5.75 Å². The minimum Gasteiger partial charge on any atom is -0.484 e. The van der Waals surface area contributed by atoms with Gasteiger partial charge in [-0.1, -0.05) is 11.6 Å². The third-order valence-electron chi connectivity index (χ3n) is 1.86. The van der Waals surface area contributed by atoms with Crippen molar-refractivity contribution in [3.05, 3.63) is 23.2 Å². The van der Waals surface area contributed by atoms with Crippen LogP contribution in [-0.2, 0) is 4.79 Å². The molecule has 0 radical (unpaired) electrons. The van der Waals surface area contributed by atoms with Crippen LogP contribution in [0.1, 0.15) is 20.8 Å². The molecule has 1 amide bonds. The molecule has 3 N–H and O–H groups in total. The molecule has 0 atom stereocenters. The molecule has 0 heterocycles. The maximum Gasteiger partial charge on any atom is 0.258 e. The van der Waals surface area contributed by atoms with E-state index < -0.39 is 0 Å². The number of halogens is 1. The van der Waals surface area contributed by atoms with E-state index in [1.54, 1.807) is 18.2 Å². The summed E-state index contributed by atoms with van der Waals surface area (Å²) in [5.41, 5.74) is 5.78. The lowest BCUT2D eigenvalue weighted by molar-refractivity contribution is -0.124. The summed E-state index contributed by atoms with van der Waals surface area (Å²) >= 11 is 5.83. The minimum atomic E-state index is -0.265. The van der Waals surface area contributed by atoms with E-state index in [9.17, 15) is 4.79 Å². The fourth-order valence-corrected chi connectivity index (χ4v) is 1.37. The van der Waals surface area contributed by atoms with Crippen LogP contribution in [-0.4, -0.2) is 18.1 Å². The Bertz CT molecular complexity index is 413. The third-order valence-corrected chi connectivity index (χ3v) is 2.18. The van der Waals surface area contributed by atoms with Gasteiger partial charge >= 0.3 is 0 Å². The Kier molecular flexibility index (Phi) is 4.23. The van der Waals surface area contributed by atoms with Gasteiger partial charge in [0.15, 0.2) is 6.61 Å². The van der Waals surface area contributed by atoms with Crippen molar-refractivity contribution >= 4 is 23.2 Å². The Labute approximate surface area is 106 Å². The van der Waals surface area contributed by atoms with E-state index in [0.717, 1.165) is 0 Å². The second kappa shape index (κ2) is 5.27. The van der Waals surface area contributed by atoms with Crippen molar-refractivity contribution in [2.45, 2.75) is 26.3 Å². The number of nitrogens with one attached hydrogen (secondary N) is 1. The Morgan fingerprint density at radius 1 is 1.47 bits per heavy atom. The summed E-state index contributed by atoms with van der Waals surface area (Å²) in [6.07, 6.45) is 0. The number of hydrogen-bond acceptors (Lipinski definition) is 3. The van der Waals surface area contributed by atoms with E-state index >= 15 is 0 Å².